The summed E-state index contributed by atoms with van der Waals surface area (Å²) in [6.45, 7) is 4.66. The third-order valence-electron chi connectivity index (χ3n) is 3.60. The van der Waals surface area contributed by atoms with Gasteiger partial charge in [-0.1, -0.05) is 0 Å². The summed E-state index contributed by atoms with van der Waals surface area (Å²) in [4.78, 5) is 30.8. The quantitative estimate of drug-likeness (QED) is 0.782. The van der Waals surface area contributed by atoms with Crippen molar-refractivity contribution < 1.29 is 19.1 Å². The zero-order valence-corrected chi connectivity index (χ0v) is 13.9. The third-order valence-corrected chi connectivity index (χ3v) is 4.37. The molecular weight excluding hydrogens is 318 g/mol. The molecule has 1 amide bonds. The van der Waals surface area contributed by atoms with Gasteiger partial charge in [-0.3, -0.25) is 14.0 Å². The summed E-state index contributed by atoms with van der Waals surface area (Å²) < 4.78 is 12.5. The fourth-order valence-corrected chi connectivity index (χ4v) is 3.39. The predicted molar refractivity (Wildman–Crippen MR) is 84.3 cm³/mol. The zero-order chi connectivity index (χ0) is 16.4. The maximum Gasteiger partial charge on any atom is 0.312 e. The standard InChI is InChI=1S/C15H19N3O4S/c1-10-6-18(7-11(2)22-10)13(19)9-21-14(20)5-12-8-17-3-4-23-15(17)16-12/h3-4,8,10-11H,5-7,9H2,1-2H3/t10-,11+. The van der Waals surface area contributed by atoms with Gasteiger partial charge in [-0.15, -0.1) is 11.3 Å². The minimum absolute atomic E-state index is 0.00288. The molecule has 0 spiro atoms. The monoisotopic (exact) mass is 337 g/mol. The molecule has 124 valence electrons. The Balaban J connectivity index is 1.48. The van der Waals surface area contributed by atoms with Crippen LogP contribution in [0.25, 0.3) is 4.96 Å². The van der Waals surface area contributed by atoms with Gasteiger partial charge >= 0.3 is 5.97 Å². The molecule has 0 N–H and O–H groups in total. The number of amides is 1. The molecule has 0 bridgehead atoms. The van der Waals surface area contributed by atoms with Gasteiger partial charge in [0.15, 0.2) is 11.6 Å². The molecule has 2 atom stereocenters. The van der Waals surface area contributed by atoms with Gasteiger partial charge in [-0.25, -0.2) is 4.98 Å². The second-order valence-electron chi connectivity index (χ2n) is 5.72. The minimum Gasteiger partial charge on any atom is -0.455 e. The number of fused-ring (bicyclic) bond motifs is 1. The van der Waals surface area contributed by atoms with E-state index >= 15 is 0 Å². The van der Waals surface area contributed by atoms with E-state index in [2.05, 4.69) is 4.98 Å². The van der Waals surface area contributed by atoms with E-state index < -0.39 is 5.97 Å². The van der Waals surface area contributed by atoms with Crippen molar-refractivity contribution in [3.8, 4) is 0 Å². The average Bonchev–Trinajstić information content (AvgIpc) is 3.04. The molecule has 2 aromatic rings. The molecule has 3 rings (SSSR count). The van der Waals surface area contributed by atoms with Crippen LogP contribution in [0, 0.1) is 0 Å². The van der Waals surface area contributed by atoms with Crippen molar-refractivity contribution in [3.63, 3.8) is 0 Å². The number of carbonyl (C=O) groups is 2. The number of aromatic nitrogens is 2. The number of ether oxygens (including phenoxy) is 2. The van der Waals surface area contributed by atoms with Gasteiger partial charge in [0.25, 0.3) is 5.91 Å². The third kappa shape index (κ3) is 3.89. The molecule has 0 unspecified atom stereocenters. The first-order chi connectivity index (χ1) is 11.0. The smallest absolute Gasteiger partial charge is 0.312 e. The molecule has 0 radical (unpaired) electrons. The van der Waals surface area contributed by atoms with Crippen LogP contribution in [0.15, 0.2) is 17.8 Å². The first kappa shape index (κ1) is 15.9. The van der Waals surface area contributed by atoms with Crippen molar-refractivity contribution in [2.75, 3.05) is 19.7 Å². The summed E-state index contributed by atoms with van der Waals surface area (Å²) in [6.07, 6.45) is 3.73. The Morgan fingerprint density at radius 1 is 1.39 bits per heavy atom. The number of rotatable bonds is 4. The van der Waals surface area contributed by atoms with E-state index in [0.29, 0.717) is 18.8 Å². The number of esters is 1. The van der Waals surface area contributed by atoms with E-state index in [1.807, 2.05) is 29.8 Å². The number of thiazole rings is 1. The molecule has 0 aromatic carbocycles. The molecule has 0 saturated carbocycles. The lowest BCUT2D eigenvalue weighted by molar-refractivity contribution is -0.156. The summed E-state index contributed by atoms with van der Waals surface area (Å²) in [6, 6.07) is 0. The first-order valence-electron chi connectivity index (χ1n) is 7.51. The van der Waals surface area contributed by atoms with Gasteiger partial charge in [0.1, 0.15) is 0 Å². The lowest BCUT2D eigenvalue weighted by Crippen LogP contribution is -2.49. The molecule has 8 heteroatoms. The molecule has 0 aliphatic carbocycles. The Morgan fingerprint density at radius 3 is 2.83 bits per heavy atom. The highest BCUT2D eigenvalue weighted by molar-refractivity contribution is 7.15. The van der Waals surface area contributed by atoms with Gasteiger partial charge in [-0.2, -0.15) is 0 Å². The van der Waals surface area contributed by atoms with Crippen LogP contribution in [0.2, 0.25) is 0 Å². The Bertz CT molecular complexity index is 672. The number of hydrogen-bond donors (Lipinski definition) is 0. The summed E-state index contributed by atoms with van der Waals surface area (Å²) in [5.41, 5.74) is 0.642. The van der Waals surface area contributed by atoms with Gasteiger partial charge in [0.05, 0.1) is 24.3 Å². The van der Waals surface area contributed by atoms with Crippen LogP contribution in [0.4, 0.5) is 0 Å². The van der Waals surface area contributed by atoms with Gasteiger partial charge < -0.3 is 14.4 Å². The lowest BCUT2D eigenvalue weighted by Gasteiger charge is -2.35. The van der Waals surface area contributed by atoms with Crippen LogP contribution in [-0.4, -0.2) is 58.1 Å². The summed E-state index contributed by atoms with van der Waals surface area (Å²) in [7, 11) is 0. The lowest BCUT2D eigenvalue weighted by atomic mass is 10.2. The molecule has 7 nitrogen and oxygen atoms in total. The second-order valence-corrected chi connectivity index (χ2v) is 6.59. The SMILES string of the molecule is C[C@@H]1CN(C(=O)COC(=O)Cc2cn3ccsc3n2)C[C@H](C)O1. The summed E-state index contributed by atoms with van der Waals surface area (Å²) in [5.74, 6) is -0.635. The normalized spacial score (nSPS) is 21.6. The van der Waals surface area contributed by atoms with Crippen molar-refractivity contribution in [2.24, 2.45) is 0 Å². The highest BCUT2D eigenvalue weighted by Crippen LogP contribution is 2.13. The first-order valence-corrected chi connectivity index (χ1v) is 8.39. The fraction of sp³-hybridized carbons (Fsp3) is 0.533. The molecular formula is C15H19N3O4S. The van der Waals surface area contributed by atoms with E-state index in [-0.39, 0.29) is 31.1 Å². The van der Waals surface area contributed by atoms with E-state index in [1.165, 1.54) is 11.3 Å². The fourth-order valence-electron chi connectivity index (χ4n) is 2.68. The number of nitrogens with zero attached hydrogens (tertiary/aromatic N) is 3. The molecule has 1 aliphatic rings. The number of imidazole rings is 1. The Labute approximate surface area is 137 Å². The summed E-state index contributed by atoms with van der Waals surface area (Å²) >= 11 is 1.50. The highest BCUT2D eigenvalue weighted by Gasteiger charge is 2.26. The van der Waals surface area contributed by atoms with Gasteiger partial charge in [0.2, 0.25) is 0 Å². The van der Waals surface area contributed by atoms with Crippen molar-refractivity contribution in [1.82, 2.24) is 14.3 Å². The minimum atomic E-state index is -0.446. The van der Waals surface area contributed by atoms with Crippen molar-refractivity contribution >= 4 is 28.2 Å². The topological polar surface area (TPSA) is 73.1 Å². The van der Waals surface area contributed by atoms with Crippen LogP contribution in [0.5, 0.6) is 0 Å². The molecule has 3 heterocycles. The maximum absolute atomic E-state index is 12.1. The molecule has 23 heavy (non-hydrogen) atoms. The van der Waals surface area contributed by atoms with Gasteiger partial charge in [0, 0.05) is 30.9 Å². The van der Waals surface area contributed by atoms with E-state index in [9.17, 15) is 9.59 Å². The van der Waals surface area contributed by atoms with Crippen molar-refractivity contribution in [2.45, 2.75) is 32.5 Å². The second kappa shape index (κ2) is 6.67. The maximum atomic E-state index is 12.1. The van der Waals surface area contributed by atoms with E-state index in [4.69, 9.17) is 9.47 Å². The number of carbonyl (C=O) groups excluding carboxylic acids is 2. The highest BCUT2D eigenvalue weighted by atomic mass is 32.1. The number of hydrogen-bond acceptors (Lipinski definition) is 6. The van der Waals surface area contributed by atoms with Crippen LogP contribution >= 0.6 is 11.3 Å². The largest absolute Gasteiger partial charge is 0.455 e. The Hall–Kier alpha value is -1.93. The Kier molecular flexibility index (Phi) is 4.63. The van der Waals surface area contributed by atoms with Gasteiger partial charge in [-0.05, 0) is 13.8 Å². The molecule has 1 fully saturated rings. The van der Waals surface area contributed by atoms with Crippen LogP contribution < -0.4 is 0 Å². The van der Waals surface area contributed by atoms with Crippen LogP contribution in [-0.2, 0) is 25.5 Å². The van der Waals surface area contributed by atoms with Crippen LogP contribution in [0.1, 0.15) is 19.5 Å². The molecule has 1 saturated heterocycles. The van der Waals surface area contributed by atoms with E-state index in [1.54, 1.807) is 11.1 Å². The average molecular weight is 337 g/mol. The van der Waals surface area contributed by atoms with Crippen molar-refractivity contribution in [3.05, 3.63) is 23.5 Å². The Morgan fingerprint density at radius 2 is 2.13 bits per heavy atom. The predicted octanol–water partition coefficient (Wildman–Crippen LogP) is 1.12. The number of morpholine rings is 1. The van der Waals surface area contributed by atoms with E-state index in [0.717, 1.165) is 4.96 Å². The molecule has 2 aromatic heterocycles. The van der Waals surface area contributed by atoms with Crippen LogP contribution in [0.3, 0.4) is 0 Å². The van der Waals surface area contributed by atoms with Crippen molar-refractivity contribution in [1.29, 1.82) is 0 Å². The molecule has 1 aliphatic heterocycles. The summed E-state index contributed by atoms with van der Waals surface area (Å²) in [5, 5.41) is 1.92. The zero-order valence-electron chi connectivity index (χ0n) is 13.1.